The van der Waals surface area contributed by atoms with Crippen molar-refractivity contribution in [3.05, 3.63) is 59.0 Å². The lowest BCUT2D eigenvalue weighted by atomic mass is 10.1. The fourth-order valence-corrected chi connectivity index (χ4v) is 2.12. The van der Waals surface area contributed by atoms with Crippen LogP contribution >= 0.6 is 0 Å². The summed E-state index contributed by atoms with van der Waals surface area (Å²) in [6.45, 7) is 1.72. The Hall–Kier alpha value is -2.62. The first-order valence-corrected chi connectivity index (χ1v) is 6.79. The van der Waals surface area contributed by atoms with Gasteiger partial charge >= 0.3 is 6.18 Å². The third kappa shape index (κ3) is 4.42. The molecule has 1 aromatic heterocycles. The molecule has 0 spiro atoms. The van der Waals surface area contributed by atoms with E-state index in [2.05, 4.69) is 10.3 Å². The summed E-state index contributed by atoms with van der Waals surface area (Å²) in [6.07, 6.45) is -4.21. The van der Waals surface area contributed by atoms with Crippen LogP contribution in [-0.4, -0.2) is 11.0 Å². The Bertz CT molecular complexity index is 735. The quantitative estimate of drug-likeness (QED) is 0.860. The van der Waals surface area contributed by atoms with Gasteiger partial charge in [0.05, 0.1) is 5.56 Å². The number of hydrogen-bond donors (Lipinski definition) is 1. The Labute approximate surface area is 130 Å². The SMILES string of the molecule is CC(Cc1cccc(F)c1)Nc1nc(C(F)(F)F)ccc1C#N. The maximum absolute atomic E-state index is 13.1. The number of nitriles is 1. The Kier molecular flexibility index (Phi) is 4.84. The fraction of sp³-hybridized carbons (Fsp3) is 0.250. The average molecular weight is 323 g/mol. The van der Waals surface area contributed by atoms with Crippen LogP contribution in [0.3, 0.4) is 0 Å². The van der Waals surface area contributed by atoms with Crippen LogP contribution in [0.15, 0.2) is 36.4 Å². The average Bonchev–Trinajstić information content (AvgIpc) is 2.46. The minimum atomic E-state index is -4.59. The Morgan fingerprint density at radius 1 is 1.26 bits per heavy atom. The molecule has 1 atom stereocenters. The maximum atomic E-state index is 13.1. The van der Waals surface area contributed by atoms with Gasteiger partial charge in [-0.05, 0) is 43.2 Å². The molecule has 0 aliphatic rings. The number of aromatic nitrogens is 1. The van der Waals surface area contributed by atoms with E-state index in [1.807, 2.05) is 0 Å². The number of alkyl halides is 3. The second-order valence-electron chi connectivity index (χ2n) is 5.08. The van der Waals surface area contributed by atoms with Crippen LogP contribution < -0.4 is 5.32 Å². The molecular formula is C16H13F4N3. The number of anilines is 1. The van der Waals surface area contributed by atoms with Crippen LogP contribution in [0.4, 0.5) is 23.4 Å². The van der Waals surface area contributed by atoms with E-state index in [4.69, 9.17) is 5.26 Å². The summed E-state index contributed by atoms with van der Waals surface area (Å²) in [5, 5.41) is 11.8. The highest BCUT2D eigenvalue weighted by atomic mass is 19.4. The molecule has 0 aliphatic carbocycles. The summed E-state index contributed by atoms with van der Waals surface area (Å²) in [4.78, 5) is 3.48. The van der Waals surface area contributed by atoms with Gasteiger partial charge in [0.15, 0.2) is 0 Å². The van der Waals surface area contributed by atoms with E-state index >= 15 is 0 Å². The van der Waals surface area contributed by atoms with Gasteiger partial charge in [-0.25, -0.2) is 9.37 Å². The van der Waals surface area contributed by atoms with E-state index < -0.39 is 11.9 Å². The number of halogens is 4. The summed E-state index contributed by atoms with van der Waals surface area (Å²) >= 11 is 0. The second kappa shape index (κ2) is 6.65. The van der Waals surface area contributed by atoms with Crippen molar-refractivity contribution in [2.45, 2.75) is 25.6 Å². The number of nitrogens with zero attached hydrogens (tertiary/aromatic N) is 2. The van der Waals surface area contributed by atoms with Gasteiger partial charge in [-0.3, -0.25) is 0 Å². The number of nitrogens with one attached hydrogen (secondary N) is 1. The van der Waals surface area contributed by atoms with Gasteiger partial charge in [-0.2, -0.15) is 18.4 Å². The normalized spacial score (nSPS) is 12.5. The highest BCUT2D eigenvalue weighted by Gasteiger charge is 2.33. The van der Waals surface area contributed by atoms with Gasteiger partial charge in [0.25, 0.3) is 0 Å². The Balaban J connectivity index is 2.19. The standard InChI is InChI=1S/C16H13F4N3/c1-10(7-11-3-2-4-13(17)8-11)22-15-12(9-21)5-6-14(23-15)16(18,19)20/h2-6,8,10H,7H2,1H3,(H,22,23). The largest absolute Gasteiger partial charge is 0.433 e. The van der Waals surface area contributed by atoms with Crippen LogP contribution in [0, 0.1) is 17.1 Å². The predicted octanol–water partition coefficient (Wildman–Crippen LogP) is 4.15. The van der Waals surface area contributed by atoms with Crippen molar-refractivity contribution >= 4 is 5.82 Å². The number of pyridine rings is 1. The number of hydrogen-bond acceptors (Lipinski definition) is 3. The van der Waals surface area contributed by atoms with Crippen molar-refractivity contribution in [1.82, 2.24) is 4.98 Å². The molecular weight excluding hydrogens is 310 g/mol. The molecule has 23 heavy (non-hydrogen) atoms. The van der Waals surface area contributed by atoms with E-state index in [1.54, 1.807) is 25.1 Å². The Morgan fingerprint density at radius 2 is 2.00 bits per heavy atom. The zero-order valence-corrected chi connectivity index (χ0v) is 12.2. The lowest BCUT2D eigenvalue weighted by Crippen LogP contribution is -2.21. The first-order chi connectivity index (χ1) is 10.8. The monoisotopic (exact) mass is 323 g/mol. The molecule has 0 saturated heterocycles. The highest BCUT2D eigenvalue weighted by molar-refractivity contribution is 5.53. The molecule has 0 bridgehead atoms. The third-order valence-electron chi connectivity index (χ3n) is 3.12. The van der Waals surface area contributed by atoms with Gasteiger partial charge in [0.2, 0.25) is 0 Å². The highest BCUT2D eigenvalue weighted by Crippen LogP contribution is 2.29. The number of benzene rings is 1. The van der Waals surface area contributed by atoms with E-state index in [0.29, 0.717) is 12.0 Å². The zero-order chi connectivity index (χ0) is 17.0. The van der Waals surface area contributed by atoms with Crippen molar-refractivity contribution in [3.8, 4) is 6.07 Å². The predicted molar refractivity (Wildman–Crippen MR) is 77.1 cm³/mol. The van der Waals surface area contributed by atoms with Crippen molar-refractivity contribution in [2.24, 2.45) is 0 Å². The fourth-order valence-electron chi connectivity index (χ4n) is 2.12. The lowest BCUT2D eigenvalue weighted by Gasteiger charge is -2.17. The van der Waals surface area contributed by atoms with Crippen molar-refractivity contribution in [2.75, 3.05) is 5.32 Å². The molecule has 1 heterocycles. The maximum Gasteiger partial charge on any atom is 0.433 e. The molecule has 2 aromatic rings. The summed E-state index contributed by atoms with van der Waals surface area (Å²) in [5.41, 5.74) is -0.364. The molecule has 0 fully saturated rings. The second-order valence-corrected chi connectivity index (χ2v) is 5.08. The van der Waals surface area contributed by atoms with Gasteiger partial charge in [0.1, 0.15) is 23.4 Å². The zero-order valence-electron chi connectivity index (χ0n) is 12.2. The van der Waals surface area contributed by atoms with Gasteiger partial charge in [-0.15, -0.1) is 0 Å². The van der Waals surface area contributed by atoms with Gasteiger partial charge in [-0.1, -0.05) is 12.1 Å². The van der Waals surface area contributed by atoms with E-state index in [1.165, 1.54) is 12.1 Å². The van der Waals surface area contributed by atoms with E-state index in [-0.39, 0.29) is 23.2 Å². The topological polar surface area (TPSA) is 48.7 Å². The molecule has 1 unspecified atom stereocenters. The molecule has 120 valence electrons. The minimum absolute atomic E-state index is 0.0177. The summed E-state index contributed by atoms with van der Waals surface area (Å²) in [7, 11) is 0. The van der Waals surface area contributed by atoms with Crippen LogP contribution in [-0.2, 0) is 12.6 Å². The third-order valence-corrected chi connectivity index (χ3v) is 3.12. The molecule has 3 nitrogen and oxygen atoms in total. The number of rotatable bonds is 4. The molecule has 0 aliphatic heterocycles. The van der Waals surface area contributed by atoms with Gasteiger partial charge in [0, 0.05) is 6.04 Å². The van der Waals surface area contributed by atoms with E-state index in [0.717, 1.165) is 12.1 Å². The van der Waals surface area contributed by atoms with Crippen LogP contribution in [0.25, 0.3) is 0 Å². The Morgan fingerprint density at radius 3 is 2.61 bits per heavy atom. The van der Waals surface area contributed by atoms with Crippen molar-refractivity contribution < 1.29 is 17.6 Å². The summed E-state index contributed by atoms with van der Waals surface area (Å²) < 4.78 is 51.3. The summed E-state index contributed by atoms with van der Waals surface area (Å²) in [5.74, 6) is -0.518. The molecule has 0 amide bonds. The van der Waals surface area contributed by atoms with Crippen LogP contribution in [0.1, 0.15) is 23.7 Å². The van der Waals surface area contributed by atoms with Gasteiger partial charge < -0.3 is 5.32 Å². The first kappa shape index (κ1) is 16.7. The summed E-state index contributed by atoms with van der Waals surface area (Å²) in [6, 6.07) is 9.24. The molecule has 1 N–H and O–H groups in total. The molecule has 0 radical (unpaired) electrons. The lowest BCUT2D eigenvalue weighted by molar-refractivity contribution is -0.141. The van der Waals surface area contributed by atoms with Crippen molar-refractivity contribution in [3.63, 3.8) is 0 Å². The van der Waals surface area contributed by atoms with Crippen LogP contribution in [0.2, 0.25) is 0 Å². The smallest absolute Gasteiger partial charge is 0.366 e. The molecule has 1 aromatic carbocycles. The molecule has 7 heteroatoms. The van der Waals surface area contributed by atoms with Crippen molar-refractivity contribution in [1.29, 1.82) is 5.26 Å². The van der Waals surface area contributed by atoms with E-state index in [9.17, 15) is 17.6 Å². The molecule has 2 rings (SSSR count). The first-order valence-electron chi connectivity index (χ1n) is 6.79. The molecule has 0 saturated carbocycles. The van der Waals surface area contributed by atoms with Crippen LogP contribution in [0.5, 0.6) is 0 Å². The minimum Gasteiger partial charge on any atom is -0.366 e.